The van der Waals surface area contributed by atoms with Gasteiger partial charge < -0.3 is 10.4 Å². The Balaban J connectivity index is 2.19. The number of nitrogens with zero attached hydrogens (tertiary/aromatic N) is 2. The second-order valence-corrected chi connectivity index (χ2v) is 5.34. The van der Waals surface area contributed by atoms with Crippen molar-refractivity contribution in [1.82, 2.24) is 15.1 Å². The maximum absolute atomic E-state index is 12.3. The molecular formula is C15H17N3O3. The highest BCUT2D eigenvalue weighted by atomic mass is 16.4. The first-order chi connectivity index (χ1) is 9.92. The van der Waals surface area contributed by atoms with E-state index in [4.69, 9.17) is 5.11 Å². The molecule has 2 aromatic rings. The molecule has 0 spiro atoms. The Bertz CT molecular complexity index is 648. The molecule has 6 nitrogen and oxygen atoms in total. The van der Waals surface area contributed by atoms with Crippen LogP contribution in [0.4, 0.5) is 0 Å². The largest absolute Gasteiger partial charge is 0.481 e. The lowest BCUT2D eigenvalue weighted by atomic mass is 9.94. The summed E-state index contributed by atoms with van der Waals surface area (Å²) in [7, 11) is 0. The van der Waals surface area contributed by atoms with Crippen LogP contribution in [0, 0.1) is 5.41 Å². The third-order valence-electron chi connectivity index (χ3n) is 3.17. The number of aromatic nitrogens is 2. The van der Waals surface area contributed by atoms with Crippen LogP contribution in [0.15, 0.2) is 42.7 Å². The first-order valence-corrected chi connectivity index (χ1v) is 6.52. The zero-order chi connectivity index (χ0) is 15.5. The van der Waals surface area contributed by atoms with Crippen molar-refractivity contribution in [3.05, 3.63) is 48.3 Å². The summed E-state index contributed by atoms with van der Waals surface area (Å²) in [5.74, 6) is -1.28. The highest BCUT2D eigenvalue weighted by molar-refractivity contribution is 5.98. The van der Waals surface area contributed by atoms with Gasteiger partial charge in [0, 0.05) is 18.9 Å². The van der Waals surface area contributed by atoms with Gasteiger partial charge in [-0.25, -0.2) is 4.68 Å². The van der Waals surface area contributed by atoms with Crippen LogP contribution in [0.2, 0.25) is 0 Å². The molecule has 0 unspecified atom stereocenters. The van der Waals surface area contributed by atoms with E-state index in [9.17, 15) is 9.59 Å². The lowest BCUT2D eigenvalue weighted by Gasteiger charge is -2.20. The van der Waals surface area contributed by atoms with Gasteiger partial charge in [-0.1, -0.05) is 12.1 Å². The van der Waals surface area contributed by atoms with Gasteiger partial charge in [0.15, 0.2) is 0 Å². The molecule has 0 bridgehead atoms. The first-order valence-electron chi connectivity index (χ1n) is 6.52. The summed E-state index contributed by atoms with van der Waals surface area (Å²) < 4.78 is 1.59. The van der Waals surface area contributed by atoms with E-state index in [2.05, 4.69) is 10.4 Å². The van der Waals surface area contributed by atoms with Crippen molar-refractivity contribution in [2.24, 2.45) is 5.41 Å². The van der Waals surface area contributed by atoms with Crippen LogP contribution in [0.25, 0.3) is 5.69 Å². The van der Waals surface area contributed by atoms with Crippen molar-refractivity contribution < 1.29 is 14.7 Å². The van der Waals surface area contributed by atoms with Gasteiger partial charge in [-0.15, -0.1) is 0 Å². The number of benzene rings is 1. The number of aliphatic carboxylic acids is 1. The lowest BCUT2D eigenvalue weighted by Crippen LogP contribution is -2.39. The average molecular weight is 287 g/mol. The van der Waals surface area contributed by atoms with E-state index in [0.29, 0.717) is 11.3 Å². The number of carboxylic acids is 1. The maximum Gasteiger partial charge on any atom is 0.310 e. The molecule has 1 aromatic heterocycles. The Kier molecular flexibility index (Phi) is 4.07. The van der Waals surface area contributed by atoms with Crippen molar-refractivity contribution >= 4 is 11.9 Å². The number of nitrogens with one attached hydrogen (secondary N) is 1. The monoisotopic (exact) mass is 287 g/mol. The van der Waals surface area contributed by atoms with Gasteiger partial charge >= 0.3 is 5.97 Å². The van der Waals surface area contributed by atoms with Crippen LogP contribution >= 0.6 is 0 Å². The van der Waals surface area contributed by atoms with Crippen molar-refractivity contribution in [2.75, 3.05) is 6.54 Å². The predicted octanol–water partition coefficient (Wildman–Crippen LogP) is 1.71. The van der Waals surface area contributed by atoms with E-state index in [1.807, 2.05) is 6.07 Å². The summed E-state index contributed by atoms with van der Waals surface area (Å²) in [6, 6.07) is 8.80. The van der Waals surface area contributed by atoms with Gasteiger partial charge in [0.05, 0.1) is 16.7 Å². The fourth-order valence-corrected chi connectivity index (χ4v) is 1.75. The standard InChI is InChI=1S/C15H17N3O3/c1-15(2,14(20)21)10-16-13(19)11-6-3-4-7-12(11)18-9-5-8-17-18/h3-9H,10H2,1-2H3,(H,16,19)(H,20,21). The molecule has 2 N–H and O–H groups in total. The van der Waals surface area contributed by atoms with E-state index in [1.54, 1.807) is 55.2 Å². The molecular weight excluding hydrogens is 270 g/mol. The summed E-state index contributed by atoms with van der Waals surface area (Å²) in [4.78, 5) is 23.3. The van der Waals surface area contributed by atoms with Crippen LogP contribution in [-0.4, -0.2) is 33.3 Å². The van der Waals surface area contributed by atoms with Crippen molar-refractivity contribution in [1.29, 1.82) is 0 Å². The minimum atomic E-state index is -1.02. The molecule has 6 heteroatoms. The highest BCUT2D eigenvalue weighted by Gasteiger charge is 2.28. The number of hydrogen-bond donors (Lipinski definition) is 2. The van der Waals surface area contributed by atoms with Crippen LogP contribution < -0.4 is 5.32 Å². The third kappa shape index (κ3) is 3.28. The van der Waals surface area contributed by atoms with Crippen LogP contribution in [0.1, 0.15) is 24.2 Å². The summed E-state index contributed by atoms with van der Waals surface area (Å²) in [6.07, 6.45) is 3.37. The SMILES string of the molecule is CC(C)(CNC(=O)c1ccccc1-n1cccn1)C(=O)O. The van der Waals surface area contributed by atoms with Crippen LogP contribution in [0.5, 0.6) is 0 Å². The molecule has 1 heterocycles. The van der Waals surface area contributed by atoms with Gasteiger partial charge in [-0.05, 0) is 32.0 Å². The molecule has 0 atom stereocenters. The molecule has 0 radical (unpaired) electrons. The minimum Gasteiger partial charge on any atom is -0.481 e. The van der Waals surface area contributed by atoms with Gasteiger partial charge in [0.25, 0.3) is 5.91 Å². The Morgan fingerprint density at radius 2 is 2.00 bits per heavy atom. The first kappa shape index (κ1) is 14.8. The molecule has 110 valence electrons. The topological polar surface area (TPSA) is 84.2 Å². The zero-order valence-electron chi connectivity index (χ0n) is 11.9. The number of hydrogen-bond acceptors (Lipinski definition) is 3. The summed E-state index contributed by atoms with van der Waals surface area (Å²) in [6.45, 7) is 3.18. The zero-order valence-corrected chi connectivity index (χ0v) is 11.9. The van der Waals surface area contributed by atoms with Gasteiger partial charge in [-0.2, -0.15) is 5.10 Å². The molecule has 1 aromatic carbocycles. The Hall–Kier alpha value is -2.63. The molecule has 0 aliphatic rings. The number of carbonyl (C=O) groups is 2. The van der Waals surface area contributed by atoms with Crippen molar-refractivity contribution in [3.63, 3.8) is 0 Å². The third-order valence-corrected chi connectivity index (χ3v) is 3.17. The van der Waals surface area contributed by atoms with Gasteiger partial charge in [-0.3, -0.25) is 9.59 Å². The summed E-state index contributed by atoms with van der Waals surface area (Å²) in [5, 5.41) is 15.8. The quantitative estimate of drug-likeness (QED) is 0.877. The average Bonchev–Trinajstić information content (AvgIpc) is 2.98. The number of para-hydroxylation sites is 1. The normalized spacial score (nSPS) is 11.1. The second-order valence-electron chi connectivity index (χ2n) is 5.34. The molecule has 1 amide bonds. The summed E-state index contributed by atoms with van der Waals surface area (Å²) in [5.41, 5.74) is 0.0755. The molecule has 21 heavy (non-hydrogen) atoms. The van der Waals surface area contributed by atoms with E-state index in [1.165, 1.54) is 0 Å². The molecule has 0 aliphatic carbocycles. The smallest absolute Gasteiger partial charge is 0.310 e. The highest BCUT2D eigenvalue weighted by Crippen LogP contribution is 2.16. The molecule has 0 saturated heterocycles. The minimum absolute atomic E-state index is 0.0502. The number of carbonyl (C=O) groups excluding carboxylic acids is 1. The predicted molar refractivity (Wildman–Crippen MR) is 77.3 cm³/mol. The molecule has 0 saturated carbocycles. The Labute approximate surface area is 122 Å². The van der Waals surface area contributed by atoms with E-state index < -0.39 is 11.4 Å². The molecule has 2 rings (SSSR count). The van der Waals surface area contributed by atoms with Crippen molar-refractivity contribution in [3.8, 4) is 5.69 Å². The number of rotatable bonds is 5. The molecule has 0 fully saturated rings. The van der Waals surface area contributed by atoms with E-state index in [-0.39, 0.29) is 12.5 Å². The number of amides is 1. The Morgan fingerprint density at radius 3 is 2.62 bits per heavy atom. The maximum atomic E-state index is 12.3. The fraction of sp³-hybridized carbons (Fsp3) is 0.267. The van der Waals surface area contributed by atoms with Crippen molar-refractivity contribution in [2.45, 2.75) is 13.8 Å². The van der Waals surface area contributed by atoms with Gasteiger partial charge in [0.2, 0.25) is 0 Å². The van der Waals surface area contributed by atoms with Gasteiger partial charge in [0.1, 0.15) is 0 Å². The molecule has 0 aliphatic heterocycles. The lowest BCUT2D eigenvalue weighted by molar-refractivity contribution is -0.146. The van der Waals surface area contributed by atoms with E-state index in [0.717, 1.165) is 0 Å². The second kappa shape index (κ2) is 5.78. The van der Waals surface area contributed by atoms with E-state index >= 15 is 0 Å². The van der Waals surface area contributed by atoms with Crippen LogP contribution in [0.3, 0.4) is 0 Å². The Morgan fingerprint density at radius 1 is 1.29 bits per heavy atom. The van der Waals surface area contributed by atoms with Crippen LogP contribution in [-0.2, 0) is 4.79 Å². The fourth-order valence-electron chi connectivity index (χ4n) is 1.75. The summed E-state index contributed by atoms with van der Waals surface area (Å²) >= 11 is 0. The number of carboxylic acid groups (broad SMARTS) is 1.